The molecule has 1 aromatic carbocycles. The van der Waals surface area contributed by atoms with Gasteiger partial charge in [-0.15, -0.1) is 0 Å². The highest BCUT2D eigenvalue weighted by Gasteiger charge is 2.26. The fourth-order valence-electron chi connectivity index (χ4n) is 3.90. The lowest BCUT2D eigenvalue weighted by atomic mass is 9.95. The molecule has 0 radical (unpaired) electrons. The lowest BCUT2D eigenvalue weighted by Crippen LogP contribution is -2.51. The van der Waals surface area contributed by atoms with Crippen LogP contribution in [0.4, 0.5) is 4.79 Å². The monoisotopic (exact) mass is 373 g/mol. The summed E-state index contributed by atoms with van der Waals surface area (Å²) in [7, 11) is 0. The molecule has 1 aromatic rings. The Hall–Kier alpha value is -2.24. The van der Waals surface area contributed by atoms with E-state index in [2.05, 4.69) is 10.6 Å². The number of amides is 3. The molecule has 2 N–H and O–H groups in total. The van der Waals surface area contributed by atoms with Crippen LogP contribution in [0.2, 0.25) is 0 Å². The Morgan fingerprint density at radius 1 is 1.04 bits per heavy atom. The fourth-order valence-corrected chi connectivity index (χ4v) is 3.90. The van der Waals surface area contributed by atoms with E-state index in [-0.39, 0.29) is 18.0 Å². The molecule has 0 unspecified atom stereocenters. The van der Waals surface area contributed by atoms with Gasteiger partial charge in [-0.25, -0.2) is 4.79 Å². The predicted octanol–water partition coefficient (Wildman–Crippen LogP) is 3.32. The van der Waals surface area contributed by atoms with Crippen molar-refractivity contribution in [2.45, 2.75) is 64.0 Å². The molecule has 1 saturated heterocycles. The van der Waals surface area contributed by atoms with E-state index in [0.717, 1.165) is 25.7 Å². The molecule has 1 saturated carbocycles. The summed E-state index contributed by atoms with van der Waals surface area (Å²) in [6.07, 6.45) is 7.47. The molecule has 0 spiro atoms. The summed E-state index contributed by atoms with van der Waals surface area (Å²) in [5.74, 6) is 0.626. The van der Waals surface area contributed by atoms with Gasteiger partial charge in [0.2, 0.25) is 0 Å². The number of carbonyl (C=O) groups is 2. The zero-order chi connectivity index (χ0) is 19.1. The minimum absolute atomic E-state index is 0.0519. The van der Waals surface area contributed by atoms with E-state index in [1.165, 1.54) is 19.3 Å². The summed E-state index contributed by atoms with van der Waals surface area (Å²) in [4.78, 5) is 26.8. The van der Waals surface area contributed by atoms with Crippen molar-refractivity contribution in [2.24, 2.45) is 0 Å². The first kappa shape index (κ1) is 19.5. The standard InChI is InChI=1S/C21H31N3O3/c1-2-27-19-10-6-7-16(15-19)20(25)22-18-11-13-24(14-12-18)21(26)23-17-8-4-3-5-9-17/h6-7,10,15,17-18H,2-5,8-9,11-14H2,1H3,(H,22,25)(H,23,26). The molecular formula is C21H31N3O3. The van der Waals surface area contributed by atoms with E-state index in [1.54, 1.807) is 12.1 Å². The number of carbonyl (C=O) groups excluding carboxylic acids is 2. The molecule has 1 aliphatic heterocycles. The minimum atomic E-state index is -0.0818. The van der Waals surface area contributed by atoms with E-state index in [0.29, 0.717) is 37.1 Å². The van der Waals surface area contributed by atoms with Crippen LogP contribution in [0.25, 0.3) is 0 Å². The van der Waals surface area contributed by atoms with Gasteiger partial charge in [0.15, 0.2) is 0 Å². The van der Waals surface area contributed by atoms with Crippen molar-refractivity contribution in [1.29, 1.82) is 0 Å². The van der Waals surface area contributed by atoms with Crippen LogP contribution in [0.15, 0.2) is 24.3 Å². The van der Waals surface area contributed by atoms with Crippen LogP contribution in [-0.2, 0) is 0 Å². The molecule has 6 heteroatoms. The van der Waals surface area contributed by atoms with Crippen LogP contribution < -0.4 is 15.4 Å². The van der Waals surface area contributed by atoms with E-state index in [9.17, 15) is 9.59 Å². The molecule has 2 aliphatic rings. The highest BCUT2D eigenvalue weighted by Crippen LogP contribution is 2.19. The molecule has 1 aliphatic carbocycles. The van der Waals surface area contributed by atoms with Gasteiger partial charge in [0.1, 0.15) is 5.75 Å². The number of likely N-dealkylation sites (tertiary alicyclic amines) is 1. The van der Waals surface area contributed by atoms with Gasteiger partial charge in [0.25, 0.3) is 5.91 Å². The maximum atomic E-state index is 12.5. The summed E-state index contributed by atoms with van der Waals surface area (Å²) >= 11 is 0. The number of urea groups is 1. The van der Waals surface area contributed by atoms with E-state index < -0.39 is 0 Å². The van der Waals surface area contributed by atoms with Crippen molar-refractivity contribution in [3.8, 4) is 5.75 Å². The number of ether oxygens (including phenoxy) is 1. The maximum Gasteiger partial charge on any atom is 0.317 e. The summed E-state index contributed by atoms with van der Waals surface area (Å²) in [5, 5.41) is 6.27. The van der Waals surface area contributed by atoms with E-state index in [4.69, 9.17) is 4.74 Å². The number of nitrogens with one attached hydrogen (secondary N) is 2. The van der Waals surface area contributed by atoms with Crippen LogP contribution in [0.1, 0.15) is 62.2 Å². The maximum absolute atomic E-state index is 12.5. The van der Waals surface area contributed by atoms with E-state index >= 15 is 0 Å². The van der Waals surface area contributed by atoms with Gasteiger partial charge in [0, 0.05) is 30.7 Å². The predicted molar refractivity (Wildman–Crippen MR) is 105 cm³/mol. The topological polar surface area (TPSA) is 70.7 Å². The second-order valence-corrected chi connectivity index (χ2v) is 7.48. The van der Waals surface area contributed by atoms with Crippen molar-refractivity contribution in [2.75, 3.05) is 19.7 Å². The number of piperidine rings is 1. The molecule has 6 nitrogen and oxygen atoms in total. The third-order valence-electron chi connectivity index (χ3n) is 5.46. The van der Waals surface area contributed by atoms with Crippen LogP contribution in [-0.4, -0.2) is 48.6 Å². The van der Waals surface area contributed by atoms with Crippen LogP contribution in [0, 0.1) is 0 Å². The lowest BCUT2D eigenvalue weighted by molar-refractivity contribution is 0.0917. The van der Waals surface area contributed by atoms with Gasteiger partial charge in [0.05, 0.1) is 6.61 Å². The van der Waals surface area contributed by atoms with E-state index in [1.807, 2.05) is 24.0 Å². The van der Waals surface area contributed by atoms with Crippen molar-refractivity contribution in [3.05, 3.63) is 29.8 Å². The molecule has 2 fully saturated rings. The quantitative estimate of drug-likeness (QED) is 0.832. The first-order chi connectivity index (χ1) is 13.2. The fraction of sp³-hybridized carbons (Fsp3) is 0.619. The van der Waals surface area contributed by atoms with Crippen molar-refractivity contribution in [1.82, 2.24) is 15.5 Å². The Morgan fingerprint density at radius 3 is 2.44 bits per heavy atom. The van der Waals surface area contributed by atoms with Gasteiger partial charge < -0.3 is 20.3 Å². The highest BCUT2D eigenvalue weighted by atomic mass is 16.5. The smallest absolute Gasteiger partial charge is 0.317 e. The summed E-state index contributed by atoms with van der Waals surface area (Å²) in [6.45, 7) is 3.86. The molecule has 1 heterocycles. The summed E-state index contributed by atoms with van der Waals surface area (Å²) in [5.41, 5.74) is 0.610. The highest BCUT2D eigenvalue weighted by molar-refractivity contribution is 5.94. The molecule has 0 atom stereocenters. The summed E-state index contributed by atoms with van der Waals surface area (Å²) in [6, 6.07) is 7.74. The second-order valence-electron chi connectivity index (χ2n) is 7.48. The largest absolute Gasteiger partial charge is 0.494 e. The minimum Gasteiger partial charge on any atom is -0.494 e. The Kier molecular flexibility index (Phi) is 6.96. The average Bonchev–Trinajstić information content (AvgIpc) is 2.70. The molecular weight excluding hydrogens is 342 g/mol. The van der Waals surface area contributed by atoms with Crippen molar-refractivity contribution < 1.29 is 14.3 Å². The Bertz CT molecular complexity index is 635. The zero-order valence-corrected chi connectivity index (χ0v) is 16.2. The normalized spacial score (nSPS) is 18.8. The number of hydrogen-bond acceptors (Lipinski definition) is 3. The molecule has 148 valence electrons. The second kappa shape index (κ2) is 9.62. The average molecular weight is 373 g/mol. The summed E-state index contributed by atoms with van der Waals surface area (Å²) < 4.78 is 5.46. The third kappa shape index (κ3) is 5.62. The first-order valence-electron chi connectivity index (χ1n) is 10.2. The molecule has 0 aromatic heterocycles. The Morgan fingerprint density at radius 2 is 1.74 bits per heavy atom. The zero-order valence-electron chi connectivity index (χ0n) is 16.2. The van der Waals surface area contributed by atoms with Gasteiger partial charge in [-0.05, 0) is 50.8 Å². The van der Waals surface area contributed by atoms with Gasteiger partial charge in [-0.3, -0.25) is 4.79 Å². The Balaban J connectivity index is 1.44. The number of hydrogen-bond donors (Lipinski definition) is 2. The van der Waals surface area contributed by atoms with Crippen molar-refractivity contribution >= 4 is 11.9 Å². The lowest BCUT2D eigenvalue weighted by Gasteiger charge is -2.34. The number of benzene rings is 1. The number of rotatable bonds is 5. The molecule has 0 bridgehead atoms. The third-order valence-corrected chi connectivity index (χ3v) is 5.46. The SMILES string of the molecule is CCOc1cccc(C(=O)NC2CCN(C(=O)NC3CCCCC3)CC2)c1. The molecule has 3 amide bonds. The van der Waals surface area contributed by atoms with Gasteiger partial charge in [-0.2, -0.15) is 0 Å². The first-order valence-corrected chi connectivity index (χ1v) is 10.2. The Labute approximate surface area is 161 Å². The van der Waals surface area contributed by atoms with Crippen molar-refractivity contribution in [3.63, 3.8) is 0 Å². The molecule has 3 rings (SSSR count). The molecule has 27 heavy (non-hydrogen) atoms. The van der Waals surface area contributed by atoms with Crippen LogP contribution >= 0.6 is 0 Å². The van der Waals surface area contributed by atoms with Gasteiger partial charge >= 0.3 is 6.03 Å². The van der Waals surface area contributed by atoms with Crippen LogP contribution in [0.5, 0.6) is 5.75 Å². The van der Waals surface area contributed by atoms with Gasteiger partial charge in [-0.1, -0.05) is 25.3 Å². The van der Waals surface area contributed by atoms with Crippen LogP contribution in [0.3, 0.4) is 0 Å². The number of nitrogens with zero attached hydrogens (tertiary/aromatic N) is 1.